The Hall–Kier alpha value is -1.62. The maximum Gasteiger partial charge on any atom is 0.259 e. The summed E-state index contributed by atoms with van der Waals surface area (Å²) in [7, 11) is 1.97. The molecule has 2 aromatic heterocycles. The minimum atomic E-state index is -0.292. The van der Waals surface area contributed by atoms with Crippen LogP contribution in [0.3, 0.4) is 0 Å². The average molecular weight is 289 g/mol. The summed E-state index contributed by atoms with van der Waals surface area (Å²) in [5, 5.41) is 4.38. The standard InChI is InChI=1S/C15H19N3OS/c1-3-4-5-11-12-10(14(20-11)15(16)19)7-6-9-8-17-18(2)13(9)12/h8H,3-7H2,1-2H3,(H2,16,19). The van der Waals surface area contributed by atoms with E-state index < -0.39 is 0 Å². The first-order valence-corrected chi connectivity index (χ1v) is 7.90. The molecule has 0 atom stereocenters. The lowest BCUT2D eigenvalue weighted by Gasteiger charge is -2.16. The Morgan fingerprint density at radius 3 is 3.00 bits per heavy atom. The predicted octanol–water partition coefficient (Wildman–Crippen LogP) is 2.69. The van der Waals surface area contributed by atoms with E-state index in [1.54, 1.807) is 11.3 Å². The fourth-order valence-electron chi connectivity index (χ4n) is 2.99. The van der Waals surface area contributed by atoms with E-state index in [1.807, 2.05) is 17.9 Å². The van der Waals surface area contributed by atoms with Gasteiger partial charge in [-0.25, -0.2) is 0 Å². The van der Waals surface area contributed by atoms with Crippen molar-refractivity contribution in [3.05, 3.63) is 27.1 Å². The van der Waals surface area contributed by atoms with Crippen LogP contribution in [0.5, 0.6) is 0 Å². The molecule has 20 heavy (non-hydrogen) atoms. The summed E-state index contributed by atoms with van der Waals surface area (Å²) in [6.07, 6.45) is 7.09. The summed E-state index contributed by atoms with van der Waals surface area (Å²) >= 11 is 1.58. The summed E-state index contributed by atoms with van der Waals surface area (Å²) in [5.41, 5.74) is 10.4. The lowest BCUT2D eigenvalue weighted by atomic mass is 9.89. The SMILES string of the molecule is CCCCc1sc(C(N)=O)c2c1-c1c(cnn1C)CC2. The molecule has 0 aliphatic heterocycles. The Morgan fingerprint density at radius 2 is 2.30 bits per heavy atom. The number of fused-ring (bicyclic) bond motifs is 3. The summed E-state index contributed by atoms with van der Waals surface area (Å²) in [4.78, 5) is 13.7. The van der Waals surface area contributed by atoms with Crippen LogP contribution < -0.4 is 5.73 Å². The van der Waals surface area contributed by atoms with E-state index in [1.165, 1.54) is 21.7 Å². The van der Waals surface area contributed by atoms with Gasteiger partial charge in [-0.2, -0.15) is 5.10 Å². The van der Waals surface area contributed by atoms with Crippen LogP contribution in [0, 0.1) is 0 Å². The summed E-state index contributed by atoms with van der Waals surface area (Å²) in [6, 6.07) is 0. The average Bonchev–Trinajstić information content (AvgIpc) is 2.97. The molecule has 4 nitrogen and oxygen atoms in total. The highest BCUT2D eigenvalue weighted by atomic mass is 32.1. The summed E-state index contributed by atoms with van der Waals surface area (Å²) < 4.78 is 1.93. The van der Waals surface area contributed by atoms with Crippen LogP contribution in [-0.2, 0) is 26.3 Å². The van der Waals surface area contributed by atoms with Gasteiger partial charge in [0.2, 0.25) is 0 Å². The van der Waals surface area contributed by atoms with Gasteiger partial charge in [-0.3, -0.25) is 9.48 Å². The summed E-state index contributed by atoms with van der Waals surface area (Å²) in [5.74, 6) is -0.292. The first-order chi connectivity index (χ1) is 9.63. The van der Waals surface area contributed by atoms with Crippen molar-refractivity contribution < 1.29 is 4.79 Å². The van der Waals surface area contributed by atoms with Gasteiger partial charge in [0.1, 0.15) is 0 Å². The van der Waals surface area contributed by atoms with Crippen LogP contribution in [0.1, 0.15) is 45.4 Å². The minimum absolute atomic E-state index is 0.292. The highest BCUT2D eigenvalue weighted by Gasteiger charge is 2.29. The molecule has 0 saturated carbocycles. The largest absolute Gasteiger partial charge is 0.365 e. The molecule has 0 fully saturated rings. The molecule has 106 valence electrons. The third-order valence-electron chi connectivity index (χ3n) is 3.96. The van der Waals surface area contributed by atoms with Crippen molar-refractivity contribution in [1.29, 1.82) is 0 Å². The minimum Gasteiger partial charge on any atom is -0.365 e. The van der Waals surface area contributed by atoms with Gasteiger partial charge in [0.05, 0.1) is 16.8 Å². The number of primary amides is 1. The molecule has 0 spiro atoms. The smallest absolute Gasteiger partial charge is 0.259 e. The summed E-state index contributed by atoms with van der Waals surface area (Å²) in [6.45, 7) is 2.19. The van der Waals surface area contributed by atoms with E-state index >= 15 is 0 Å². The van der Waals surface area contributed by atoms with Gasteiger partial charge in [0, 0.05) is 17.5 Å². The molecule has 0 aromatic carbocycles. The van der Waals surface area contributed by atoms with Crippen LogP contribution in [0.2, 0.25) is 0 Å². The fourth-order valence-corrected chi connectivity index (χ4v) is 4.23. The van der Waals surface area contributed by atoms with E-state index in [0.29, 0.717) is 0 Å². The number of nitrogens with zero attached hydrogens (tertiary/aromatic N) is 2. The molecule has 2 N–H and O–H groups in total. The lowest BCUT2D eigenvalue weighted by molar-refractivity contribution is 0.100. The van der Waals surface area contributed by atoms with Crippen molar-refractivity contribution in [2.24, 2.45) is 12.8 Å². The third kappa shape index (κ3) is 1.97. The molecule has 0 saturated heterocycles. The second kappa shape index (κ2) is 5.05. The Labute approximate surface area is 122 Å². The van der Waals surface area contributed by atoms with Crippen LogP contribution in [0.4, 0.5) is 0 Å². The van der Waals surface area contributed by atoms with E-state index in [9.17, 15) is 4.79 Å². The molecule has 0 unspecified atom stereocenters. The number of carbonyl (C=O) groups excluding carboxylic acids is 1. The van der Waals surface area contributed by atoms with E-state index in [2.05, 4.69) is 12.0 Å². The molecule has 1 amide bonds. The molecule has 5 heteroatoms. The molecule has 2 aromatic rings. The van der Waals surface area contributed by atoms with Gasteiger partial charge >= 0.3 is 0 Å². The molecule has 1 aliphatic rings. The first kappa shape index (κ1) is 13.4. The third-order valence-corrected chi connectivity index (χ3v) is 5.26. The second-order valence-corrected chi connectivity index (χ2v) is 6.42. The predicted molar refractivity (Wildman–Crippen MR) is 81.1 cm³/mol. The highest BCUT2D eigenvalue weighted by Crippen LogP contribution is 2.42. The first-order valence-electron chi connectivity index (χ1n) is 7.09. The van der Waals surface area contributed by atoms with Crippen molar-refractivity contribution in [3.63, 3.8) is 0 Å². The van der Waals surface area contributed by atoms with Gasteiger partial charge in [-0.1, -0.05) is 13.3 Å². The number of aromatic nitrogens is 2. The fraction of sp³-hybridized carbons (Fsp3) is 0.467. The monoisotopic (exact) mass is 289 g/mol. The van der Waals surface area contributed by atoms with Crippen LogP contribution in [-0.4, -0.2) is 15.7 Å². The highest BCUT2D eigenvalue weighted by molar-refractivity contribution is 7.14. The van der Waals surface area contributed by atoms with Crippen molar-refractivity contribution >= 4 is 17.2 Å². The van der Waals surface area contributed by atoms with E-state index in [4.69, 9.17) is 5.73 Å². The Morgan fingerprint density at radius 1 is 1.50 bits per heavy atom. The molecular formula is C15H19N3OS. The van der Waals surface area contributed by atoms with Gasteiger partial charge in [0.15, 0.2) is 0 Å². The zero-order valence-corrected chi connectivity index (χ0v) is 12.7. The normalized spacial score (nSPS) is 13.1. The molecule has 0 bridgehead atoms. The number of unbranched alkanes of at least 4 members (excludes halogenated alkanes) is 1. The maximum absolute atomic E-state index is 11.7. The number of carbonyl (C=O) groups is 1. The Kier molecular flexibility index (Phi) is 3.38. The molecule has 1 aliphatic carbocycles. The van der Waals surface area contributed by atoms with E-state index in [-0.39, 0.29) is 5.91 Å². The van der Waals surface area contributed by atoms with Crippen LogP contribution in [0.25, 0.3) is 11.3 Å². The Bertz CT molecular complexity index is 669. The van der Waals surface area contributed by atoms with Crippen LogP contribution >= 0.6 is 11.3 Å². The number of aryl methyl sites for hydroxylation is 3. The van der Waals surface area contributed by atoms with Crippen molar-refractivity contribution in [2.45, 2.75) is 39.0 Å². The number of hydrogen-bond acceptors (Lipinski definition) is 3. The number of rotatable bonds is 4. The topological polar surface area (TPSA) is 60.9 Å². The van der Waals surface area contributed by atoms with Crippen molar-refractivity contribution in [3.8, 4) is 11.3 Å². The number of amides is 1. The zero-order valence-electron chi connectivity index (χ0n) is 11.9. The molecule has 2 heterocycles. The number of nitrogens with two attached hydrogens (primary N) is 1. The second-order valence-electron chi connectivity index (χ2n) is 5.32. The Balaban J connectivity index is 2.19. The molecule has 3 rings (SSSR count). The molecule has 0 radical (unpaired) electrons. The van der Waals surface area contributed by atoms with Crippen molar-refractivity contribution in [2.75, 3.05) is 0 Å². The number of thiophene rings is 1. The zero-order chi connectivity index (χ0) is 14.3. The van der Waals surface area contributed by atoms with Gasteiger partial charge in [-0.05, 0) is 36.8 Å². The van der Waals surface area contributed by atoms with Gasteiger partial charge in [-0.15, -0.1) is 11.3 Å². The van der Waals surface area contributed by atoms with Crippen LogP contribution in [0.15, 0.2) is 6.20 Å². The maximum atomic E-state index is 11.7. The van der Waals surface area contributed by atoms with Crippen molar-refractivity contribution in [1.82, 2.24) is 9.78 Å². The lowest BCUT2D eigenvalue weighted by Crippen LogP contribution is -2.13. The quantitative estimate of drug-likeness (QED) is 0.940. The molecular weight excluding hydrogens is 270 g/mol. The van der Waals surface area contributed by atoms with Gasteiger partial charge < -0.3 is 5.73 Å². The van der Waals surface area contributed by atoms with E-state index in [0.717, 1.165) is 42.5 Å². The van der Waals surface area contributed by atoms with Gasteiger partial charge in [0.25, 0.3) is 5.91 Å². The number of hydrogen-bond donors (Lipinski definition) is 1.